The minimum atomic E-state index is -0.708. The predicted octanol–water partition coefficient (Wildman–Crippen LogP) is 15.2. The summed E-state index contributed by atoms with van der Waals surface area (Å²) in [5.41, 5.74) is 0.772. The summed E-state index contributed by atoms with van der Waals surface area (Å²) in [6.45, 7) is 5.79. The molecule has 10 nitrogen and oxygen atoms in total. The number of ether oxygens (including phenoxy) is 6. The minimum absolute atomic E-state index is 0.116. The molecule has 0 fully saturated rings. The van der Waals surface area contributed by atoms with Crippen LogP contribution in [0, 0.1) is 0 Å². The lowest BCUT2D eigenvalue weighted by Gasteiger charge is -2.09. The average Bonchev–Trinajstić information content (AvgIpc) is 3.36. The predicted molar refractivity (Wildman–Crippen MR) is 267 cm³/mol. The van der Waals surface area contributed by atoms with Crippen LogP contribution in [-0.2, 0) is 0 Å². The lowest BCUT2D eigenvalue weighted by atomic mass is 10.1. The highest BCUT2D eigenvalue weighted by molar-refractivity contribution is 5.97. The zero-order valence-electron chi connectivity index (χ0n) is 40.2. The third kappa shape index (κ3) is 19.8. The maximum Gasteiger partial charge on any atom is 0.343 e. The van der Waals surface area contributed by atoms with Crippen LogP contribution in [0.2, 0.25) is 0 Å². The molecule has 362 valence electrons. The first-order chi connectivity index (χ1) is 33.3. The molecule has 0 saturated carbocycles. The molecule has 5 aromatic carbocycles. The molecule has 0 bridgehead atoms. The zero-order chi connectivity index (χ0) is 48.0. The van der Waals surface area contributed by atoms with Gasteiger partial charge in [0.25, 0.3) is 0 Å². The Morgan fingerprint density at radius 1 is 0.294 bits per heavy atom. The number of hydrogen-bond donors (Lipinski definition) is 0. The molecule has 10 heteroatoms. The van der Waals surface area contributed by atoms with Gasteiger partial charge in [-0.05, 0) is 128 Å². The molecule has 0 radical (unpaired) electrons. The first-order valence-corrected chi connectivity index (χ1v) is 25.0. The monoisotopic (exact) mass is 926 g/mol. The second-order valence-electron chi connectivity index (χ2n) is 17.2. The summed E-state index contributed by atoms with van der Waals surface area (Å²) in [4.78, 5) is 51.8. The highest BCUT2D eigenvalue weighted by Crippen LogP contribution is 2.24. The van der Waals surface area contributed by atoms with Gasteiger partial charge >= 0.3 is 23.9 Å². The zero-order valence-corrected chi connectivity index (χ0v) is 40.2. The summed E-state index contributed by atoms with van der Waals surface area (Å²) in [5.74, 6) is 0.0469. The van der Waals surface area contributed by atoms with Crippen LogP contribution < -0.4 is 28.4 Å². The van der Waals surface area contributed by atoms with E-state index in [4.69, 9.17) is 28.4 Å². The van der Waals surface area contributed by atoms with E-state index in [1.807, 2.05) is 0 Å². The normalized spacial score (nSPS) is 10.9. The van der Waals surface area contributed by atoms with E-state index in [1.54, 1.807) is 54.6 Å². The molecule has 68 heavy (non-hydrogen) atoms. The number of carbonyl (C=O) groups is 4. The summed E-state index contributed by atoms with van der Waals surface area (Å²) >= 11 is 0. The van der Waals surface area contributed by atoms with Crippen LogP contribution in [0.1, 0.15) is 184 Å². The van der Waals surface area contributed by atoms with E-state index in [9.17, 15) is 19.2 Å². The molecule has 0 saturated heterocycles. The van der Waals surface area contributed by atoms with E-state index in [0.717, 1.165) is 37.2 Å². The highest BCUT2D eigenvalue weighted by Gasteiger charge is 2.17. The van der Waals surface area contributed by atoms with Crippen LogP contribution >= 0.6 is 0 Å². The van der Waals surface area contributed by atoms with Crippen molar-refractivity contribution < 1.29 is 47.6 Å². The third-order valence-electron chi connectivity index (χ3n) is 11.5. The molecule has 0 heterocycles. The van der Waals surface area contributed by atoms with Crippen molar-refractivity contribution in [2.24, 2.45) is 0 Å². The lowest BCUT2D eigenvalue weighted by Crippen LogP contribution is -2.13. The number of rotatable bonds is 32. The van der Waals surface area contributed by atoms with E-state index in [-0.39, 0.29) is 33.8 Å². The summed E-state index contributed by atoms with van der Waals surface area (Å²) in [5, 5.41) is 0. The molecule has 0 amide bonds. The number of esters is 4. The topological polar surface area (TPSA) is 124 Å². The van der Waals surface area contributed by atoms with Crippen LogP contribution in [0.5, 0.6) is 34.5 Å². The molecular weight excluding hydrogens is 857 g/mol. The molecule has 0 aliphatic rings. The van der Waals surface area contributed by atoms with Crippen LogP contribution in [0.4, 0.5) is 0 Å². The van der Waals surface area contributed by atoms with Gasteiger partial charge in [0.2, 0.25) is 0 Å². The first kappa shape index (κ1) is 52.5. The van der Waals surface area contributed by atoms with Crippen molar-refractivity contribution in [1.29, 1.82) is 0 Å². The Kier molecular flexibility index (Phi) is 23.8. The van der Waals surface area contributed by atoms with Crippen LogP contribution in [-0.4, -0.2) is 37.1 Å². The van der Waals surface area contributed by atoms with Gasteiger partial charge in [0.1, 0.15) is 34.5 Å². The largest absolute Gasteiger partial charge is 0.494 e. The Morgan fingerprint density at radius 2 is 0.544 bits per heavy atom. The Balaban J connectivity index is 0.976. The molecule has 0 aliphatic heterocycles. The van der Waals surface area contributed by atoms with E-state index in [0.29, 0.717) is 24.7 Å². The fourth-order valence-electron chi connectivity index (χ4n) is 7.52. The van der Waals surface area contributed by atoms with Gasteiger partial charge < -0.3 is 28.4 Å². The van der Waals surface area contributed by atoms with Crippen molar-refractivity contribution in [2.75, 3.05) is 13.2 Å². The quantitative estimate of drug-likeness (QED) is 0.0234. The molecule has 5 rings (SSSR count). The number of hydrogen-bond acceptors (Lipinski definition) is 10. The van der Waals surface area contributed by atoms with E-state index in [2.05, 4.69) is 13.8 Å². The summed E-state index contributed by atoms with van der Waals surface area (Å²) in [7, 11) is 0. The Bertz CT molecular complexity index is 2080. The molecule has 0 atom stereocenters. The van der Waals surface area contributed by atoms with Gasteiger partial charge in [0, 0.05) is 0 Å². The van der Waals surface area contributed by atoms with Crippen molar-refractivity contribution in [1.82, 2.24) is 0 Å². The third-order valence-corrected chi connectivity index (χ3v) is 11.5. The SMILES string of the molecule is CCCCCCCCCCCCOc1ccc(OC(=O)c2ccc(OC(=O)c3cccc(C(=O)Oc4ccc(C(=O)Oc5ccc(OCCCCCCCCCCCC)cc5)cc4)c3)cc2)cc1. The minimum Gasteiger partial charge on any atom is -0.494 e. The van der Waals surface area contributed by atoms with Crippen LogP contribution in [0.15, 0.2) is 121 Å². The van der Waals surface area contributed by atoms with Gasteiger partial charge in [-0.3, -0.25) is 0 Å². The van der Waals surface area contributed by atoms with E-state index in [1.165, 1.54) is 169 Å². The first-order valence-electron chi connectivity index (χ1n) is 25.0. The Labute approximate surface area is 403 Å². The Hall–Kier alpha value is -6.42. The maximum absolute atomic E-state index is 13.0. The van der Waals surface area contributed by atoms with Gasteiger partial charge in [-0.25, -0.2) is 19.2 Å². The van der Waals surface area contributed by atoms with E-state index < -0.39 is 23.9 Å². The Morgan fingerprint density at radius 3 is 0.853 bits per heavy atom. The van der Waals surface area contributed by atoms with Crippen LogP contribution in [0.25, 0.3) is 0 Å². The second-order valence-corrected chi connectivity index (χ2v) is 17.2. The van der Waals surface area contributed by atoms with Gasteiger partial charge in [-0.2, -0.15) is 0 Å². The molecule has 0 aliphatic carbocycles. The number of benzene rings is 5. The summed E-state index contributed by atoms with van der Waals surface area (Å²) < 4.78 is 33.8. The average molecular weight is 927 g/mol. The van der Waals surface area contributed by atoms with Gasteiger partial charge in [-0.1, -0.05) is 135 Å². The molecule has 0 aromatic heterocycles. The fourth-order valence-corrected chi connectivity index (χ4v) is 7.52. The highest BCUT2D eigenvalue weighted by atomic mass is 16.5. The lowest BCUT2D eigenvalue weighted by molar-refractivity contribution is 0.0722. The standard InChI is InChI=1S/C58H70O10/c1-3-5-7-9-11-13-15-17-19-21-42-63-49-34-38-53(39-35-49)65-55(59)45-26-30-51(31-27-45)67-57(61)47-24-23-25-48(44-47)58(62)68-52-32-28-46(29-33-52)56(60)66-54-40-36-50(37-41-54)64-43-22-20-18-16-14-12-10-8-6-4-2/h23-41,44H,3-22,42-43H2,1-2H3. The van der Waals surface area contributed by atoms with Crippen molar-refractivity contribution >= 4 is 23.9 Å². The van der Waals surface area contributed by atoms with E-state index >= 15 is 0 Å². The van der Waals surface area contributed by atoms with Crippen molar-refractivity contribution in [3.8, 4) is 34.5 Å². The van der Waals surface area contributed by atoms with Gasteiger partial charge in [0.15, 0.2) is 0 Å². The molecule has 0 N–H and O–H groups in total. The number of unbranched alkanes of at least 4 members (excludes halogenated alkanes) is 18. The summed E-state index contributed by atoms with van der Waals surface area (Å²) in [6, 6.07) is 31.8. The molecule has 0 unspecified atom stereocenters. The smallest absolute Gasteiger partial charge is 0.343 e. The molecular formula is C58H70O10. The second kappa shape index (κ2) is 30.8. The maximum atomic E-state index is 13.0. The van der Waals surface area contributed by atoms with Gasteiger partial charge in [-0.15, -0.1) is 0 Å². The number of carbonyl (C=O) groups excluding carboxylic acids is 4. The van der Waals surface area contributed by atoms with Crippen molar-refractivity contribution in [3.05, 3.63) is 144 Å². The fraction of sp³-hybridized carbons (Fsp3) is 0.414. The van der Waals surface area contributed by atoms with Crippen molar-refractivity contribution in [3.63, 3.8) is 0 Å². The van der Waals surface area contributed by atoms with Crippen LogP contribution in [0.3, 0.4) is 0 Å². The molecule has 0 spiro atoms. The van der Waals surface area contributed by atoms with Gasteiger partial charge in [0.05, 0.1) is 35.5 Å². The van der Waals surface area contributed by atoms with Crippen molar-refractivity contribution in [2.45, 2.75) is 142 Å². The summed E-state index contributed by atoms with van der Waals surface area (Å²) in [6.07, 6.45) is 25.3. The molecule has 5 aromatic rings.